The lowest BCUT2D eigenvalue weighted by atomic mass is 9.99. The number of hydrogen-bond acceptors (Lipinski definition) is 3. The van der Waals surface area contributed by atoms with Crippen LogP contribution in [0.2, 0.25) is 0 Å². The molecule has 20 heavy (non-hydrogen) atoms. The number of piperidine rings is 1. The van der Waals surface area contributed by atoms with E-state index in [1.165, 1.54) is 12.1 Å². The van der Waals surface area contributed by atoms with Gasteiger partial charge in [0.05, 0.1) is 5.75 Å². The zero-order chi connectivity index (χ0) is 14.5. The van der Waals surface area contributed by atoms with Gasteiger partial charge in [0.15, 0.2) is 0 Å². The zero-order valence-corrected chi connectivity index (χ0v) is 11.8. The van der Waals surface area contributed by atoms with Crippen LogP contribution < -0.4 is 0 Å². The van der Waals surface area contributed by atoms with Crippen LogP contribution in [-0.4, -0.2) is 41.4 Å². The van der Waals surface area contributed by atoms with Gasteiger partial charge in [-0.3, -0.25) is 4.79 Å². The summed E-state index contributed by atoms with van der Waals surface area (Å²) >= 11 is 1.07. The van der Waals surface area contributed by atoms with E-state index in [4.69, 9.17) is 5.11 Å². The first kappa shape index (κ1) is 15.3. The molecule has 0 radical (unpaired) electrons. The van der Waals surface area contributed by atoms with Crippen molar-refractivity contribution in [2.45, 2.75) is 17.7 Å². The van der Waals surface area contributed by atoms with Gasteiger partial charge in [0.2, 0.25) is 5.91 Å². The minimum absolute atomic E-state index is 0.0723. The van der Waals surface area contributed by atoms with Crippen molar-refractivity contribution in [1.29, 1.82) is 0 Å². The van der Waals surface area contributed by atoms with Crippen molar-refractivity contribution in [3.05, 3.63) is 29.8 Å². The normalized spacial score (nSPS) is 19.1. The maximum atomic E-state index is 13.4. The van der Waals surface area contributed by atoms with Crippen LogP contribution in [0.3, 0.4) is 0 Å². The second-order valence-electron chi connectivity index (χ2n) is 4.89. The minimum atomic E-state index is -0.644. The quantitative estimate of drug-likeness (QED) is 0.868. The highest BCUT2D eigenvalue weighted by molar-refractivity contribution is 8.00. The summed E-state index contributed by atoms with van der Waals surface area (Å²) in [7, 11) is 0. The molecule has 1 fully saturated rings. The molecule has 0 saturated carbocycles. The van der Waals surface area contributed by atoms with Gasteiger partial charge in [-0.05, 0) is 30.9 Å². The third-order valence-corrected chi connectivity index (χ3v) is 4.41. The van der Waals surface area contributed by atoms with Crippen LogP contribution >= 0.6 is 11.8 Å². The smallest absolute Gasteiger partial charge is 0.232 e. The summed E-state index contributed by atoms with van der Waals surface area (Å²) in [5.74, 6) is -1.08. The maximum Gasteiger partial charge on any atom is 0.232 e. The molecule has 1 saturated heterocycles. The van der Waals surface area contributed by atoms with Crippen molar-refractivity contribution in [2.24, 2.45) is 5.92 Å². The molecule has 1 amide bonds. The fraction of sp³-hybridized carbons (Fsp3) is 0.500. The van der Waals surface area contributed by atoms with Crippen molar-refractivity contribution in [1.82, 2.24) is 4.90 Å². The Morgan fingerprint density at radius 1 is 1.45 bits per heavy atom. The number of aliphatic hydroxyl groups excluding tert-OH is 1. The number of amides is 1. The molecule has 110 valence electrons. The molecule has 3 nitrogen and oxygen atoms in total. The van der Waals surface area contributed by atoms with E-state index < -0.39 is 11.6 Å². The Hall–Kier alpha value is -1.14. The minimum Gasteiger partial charge on any atom is -0.396 e. The molecule has 0 spiro atoms. The molecule has 1 aromatic carbocycles. The summed E-state index contributed by atoms with van der Waals surface area (Å²) in [6.45, 7) is 1.33. The predicted octanol–water partition coefficient (Wildman–Crippen LogP) is 2.29. The van der Waals surface area contributed by atoms with Gasteiger partial charge in [-0.2, -0.15) is 0 Å². The largest absolute Gasteiger partial charge is 0.396 e. The number of carbonyl (C=O) groups excluding carboxylic acids is 1. The van der Waals surface area contributed by atoms with Crippen LogP contribution in [0.15, 0.2) is 23.1 Å². The van der Waals surface area contributed by atoms with E-state index in [-0.39, 0.29) is 29.1 Å². The molecular weight excluding hydrogens is 284 g/mol. The van der Waals surface area contributed by atoms with Gasteiger partial charge >= 0.3 is 0 Å². The molecule has 0 bridgehead atoms. The number of aliphatic hydroxyl groups is 1. The molecule has 1 aromatic rings. The number of rotatable bonds is 4. The third-order valence-electron chi connectivity index (χ3n) is 3.37. The van der Waals surface area contributed by atoms with Crippen LogP contribution in [0.1, 0.15) is 12.8 Å². The van der Waals surface area contributed by atoms with Gasteiger partial charge in [0.1, 0.15) is 11.6 Å². The van der Waals surface area contributed by atoms with E-state index in [1.54, 1.807) is 4.90 Å². The molecule has 1 N–H and O–H groups in total. The van der Waals surface area contributed by atoms with Crippen molar-refractivity contribution in [2.75, 3.05) is 25.4 Å². The first-order chi connectivity index (χ1) is 9.60. The Kier molecular flexibility index (Phi) is 5.37. The van der Waals surface area contributed by atoms with Crippen molar-refractivity contribution in [3.8, 4) is 0 Å². The molecule has 1 atom stereocenters. The summed E-state index contributed by atoms with van der Waals surface area (Å²) in [6.07, 6.45) is 1.81. The average molecular weight is 301 g/mol. The maximum absolute atomic E-state index is 13.4. The van der Waals surface area contributed by atoms with Crippen LogP contribution in [0.4, 0.5) is 8.78 Å². The molecule has 6 heteroatoms. The molecule has 0 aliphatic carbocycles. The van der Waals surface area contributed by atoms with E-state index in [0.717, 1.165) is 30.7 Å². The Balaban J connectivity index is 1.88. The Morgan fingerprint density at radius 3 is 2.95 bits per heavy atom. The monoisotopic (exact) mass is 301 g/mol. The van der Waals surface area contributed by atoms with Gasteiger partial charge in [-0.25, -0.2) is 8.78 Å². The highest BCUT2D eigenvalue weighted by Gasteiger charge is 2.23. The first-order valence-electron chi connectivity index (χ1n) is 6.56. The zero-order valence-electron chi connectivity index (χ0n) is 11.0. The highest BCUT2D eigenvalue weighted by atomic mass is 32.2. The Morgan fingerprint density at radius 2 is 2.25 bits per heavy atom. The van der Waals surface area contributed by atoms with Gasteiger partial charge in [0, 0.05) is 30.7 Å². The fourth-order valence-corrected chi connectivity index (χ4v) is 3.09. The molecule has 2 rings (SSSR count). The van der Waals surface area contributed by atoms with E-state index in [9.17, 15) is 13.6 Å². The van der Waals surface area contributed by atoms with Crippen molar-refractivity contribution in [3.63, 3.8) is 0 Å². The van der Waals surface area contributed by atoms with Crippen LogP contribution in [0.5, 0.6) is 0 Å². The average Bonchev–Trinajstić information content (AvgIpc) is 2.46. The third kappa shape index (κ3) is 3.93. The highest BCUT2D eigenvalue weighted by Crippen LogP contribution is 2.24. The molecule has 1 unspecified atom stereocenters. The van der Waals surface area contributed by atoms with Crippen molar-refractivity contribution < 1.29 is 18.7 Å². The van der Waals surface area contributed by atoms with Crippen LogP contribution in [-0.2, 0) is 4.79 Å². The number of hydrogen-bond donors (Lipinski definition) is 1. The van der Waals surface area contributed by atoms with Gasteiger partial charge < -0.3 is 10.0 Å². The lowest BCUT2D eigenvalue weighted by molar-refractivity contribution is -0.130. The lowest BCUT2D eigenvalue weighted by Gasteiger charge is -2.31. The standard InChI is InChI=1S/C14H17F2NO2S/c15-11-3-4-13(12(16)6-11)20-9-14(19)17-5-1-2-10(7-17)8-18/h3-4,6,10,18H,1-2,5,7-9H2. The summed E-state index contributed by atoms with van der Waals surface area (Å²) in [5.41, 5.74) is 0. The molecule has 1 heterocycles. The summed E-state index contributed by atoms with van der Waals surface area (Å²) < 4.78 is 26.2. The number of carbonyl (C=O) groups is 1. The number of likely N-dealkylation sites (tertiary alicyclic amines) is 1. The van der Waals surface area contributed by atoms with Crippen LogP contribution in [0, 0.1) is 17.6 Å². The van der Waals surface area contributed by atoms with Crippen LogP contribution in [0.25, 0.3) is 0 Å². The second kappa shape index (κ2) is 7.04. The number of thioether (sulfide) groups is 1. The SMILES string of the molecule is O=C(CSc1ccc(F)cc1F)N1CCCC(CO)C1. The first-order valence-corrected chi connectivity index (χ1v) is 7.55. The van der Waals surface area contributed by atoms with E-state index in [1.807, 2.05) is 0 Å². The van der Waals surface area contributed by atoms with Gasteiger partial charge in [-0.15, -0.1) is 11.8 Å². The molecular formula is C14H17F2NO2S. The Labute approximate surface area is 121 Å². The van der Waals surface area contributed by atoms with E-state index in [0.29, 0.717) is 13.1 Å². The van der Waals surface area contributed by atoms with Crippen molar-refractivity contribution >= 4 is 17.7 Å². The molecule has 1 aliphatic heterocycles. The number of nitrogens with zero attached hydrogens (tertiary/aromatic N) is 1. The van der Waals surface area contributed by atoms with Gasteiger partial charge in [0.25, 0.3) is 0 Å². The fourth-order valence-electron chi connectivity index (χ4n) is 2.26. The van der Waals surface area contributed by atoms with E-state index >= 15 is 0 Å². The molecule has 0 aromatic heterocycles. The predicted molar refractivity (Wildman–Crippen MR) is 73.5 cm³/mol. The summed E-state index contributed by atoms with van der Waals surface area (Å²) in [4.78, 5) is 14.0. The molecule has 1 aliphatic rings. The van der Waals surface area contributed by atoms with E-state index in [2.05, 4.69) is 0 Å². The Bertz CT molecular complexity index is 484. The van der Waals surface area contributed by atoms with Gasteiger partial charge in [-0.1, -0.05) is 0 Å². The summed E-state index contributed by atoms with van der Waals surface area (Å²) in [5, 5.41) is 9.13. The summed E-state index contributed by atoms with van der Waals surface area (Å²) in [6, 6.07) is 3.34. The topological polar surface area (TPSA) is 40.5 Å². The number of benzene rings is 1. The number of halogens is 2. The second-order valence-corrected chi connectivity index (χ2v) is 5.91. The lowest BCUT2D eigenvalue weighted by Crippen LogP contribution is -2.41.